The zero-order valence-corrected chi connectivity index (χ0v) is 10.6. The van der Waals surface area contributed by atoms with Gasteiger partial charge in [-0.1, -0.05) is 19.8 Å². The molecule has 2 unspecified atom stereocenters. The molecule has 0 radical (unpaired) electrons. The molecule has 0 saturated heterocycles. The number of aryl methyl sites for hydroxylation is 1. The predicted octanol–water partition coefficient (Wildman–Crippen LogP) is 0.588. The Kier molecular flexibility index (Phi) is 3.86. The molecule has 1 aliphatic carbocycles. The van der Waals surface area contributed by atoms with Gasteiger partial charge in [-0.05, 0) is 19.3 Å². The molecule has 18 heavy (non-hydrogen) atoms. The summed E-state index contributed by atoms with van der Waals surface area (Å²) in [6.07, 6.45) is 3.82. The summed E-state index contributed by atoms with van der Waals surface area (Å²) in [7, 11) is 0. The molecule has 1 aliphatic rings. The van der Waals surface area contributed by atoms with Gasteiger partial charge in [0.25, 0.3) is 5.91 Å². The fourth-order valence-electron chi connectivity index (χ4n) is 2.35. The van der Waals surface area contributed by atoms with E-state index in [0.717, 1.165) is 31.4 Å². The molecule has 5 N–H and O–H groups in total. The number of aromatic nitrogens is 2. The highest BCUT2D eigenvalue weighted by Crippen LogP contribution is 2.20. The average molecular weight is 252 g/mol. The van der Waals surface area contributed by atoms with E-state index in [0.29, 0.717) is 12.1 Å². The van der Waals surface area contributed by atoms with Crippen molar-refractivity contribution in [2.75, 3.05) is 5.73 Å². The number of nitrogen functional groups attached to an aromatic ring is 1. The number of nitrogens with zero attached hydrogens (tertiary/aromatic N) is 1. The van der Waals surface area contributed by atoms with Gasteiger partial charge in [0.1, 0.15) is 0 Å². The van der Waals surface area contributed by atoms with E-state index in [2.05, 4.69) is 15.5 Å². The minimum Gasteiger partial charge on any atom is -0.395 e. The van der Waals surface area contributed by atoms with Gasteiger partial charge in [-0.3, -0.25) is 9.89 Å². The van der Waals surface area contributed by atoms with E-state index in [1.807, 2.05) is 6.92 Å². The van der Waals surface area contributed by atoms with Crippen LogP contribution in [0.4, 0.5) is 5.69 Å². The van der Waals surface area contributed by atoms with E-state index in [9.17, 15) is 9.90 Å². The minimum atomic E-state index is -0.464. The fraction of sp³-hybridized carbons (Fsp3) is 0.667. The molecule has 0 spiro atoms. The smallest absolute Gasteiger partial charge is 0.274 e. The molecule has 1 aromatic rings. The largest absolute Gasteiger partial charge is 0.395 e. The molecular weight excluding hydrogens is 232 g/mol. The zero-order valence-electron chi connectivity index (χ0n) is 10.6. The van der Waals surface area contributed by atoms with Gasteiger partial charge in [-0.25, -0.2) is 0 Å². The highest BCUT2D eigenvalue weighted by molar-refractivity contribution is 5.97. The lowest BCUT2D eigenvalue weighted by atomic mass is 9.92. The van der Waals surface area contributed by atoms with Crippen LogP contribution in [0.3, 0.4) is 0 Å². The molecule has 6 heteroatoms. The van der Waals surface area contributed by atoms with Gasteiger partial charge < -0.3 is 16.2 Å². The quantitative estimate of drug-likeness (QED) is 0.632. The summed E-state index contributed by atoms with van der Waals surface area (Å²) in [6.45, 7) is 1.94. The summed E-state index contributed by atoms with van der Waals surface area (Å²) in [6, 6.07) is -0.188. The van der Waals surface area contributed by atoms with Crippen LogP contribution in [-0.4, -0.2) is 33.4 Å². The van der Waals surface area contributed by atoms with Gasteiger partial charge in [0.15, 0.2) is 5.69 Å². The molecule has 2 atom stereocenters. The highest BCUT2D eigenvalue weighted by atomic mass is 16.3. The second kappa shape index (κ2) is 5.39. The summed E-state index contributed by atoms with van der Waals surface area (Å²) in [5.74, 6) is -0.311. The molecule has 100 valence electrons. The van der Waals surface area contributed by atoms with E-state index < -0.39 is 6.10 Å². The Morgan fingerprint density at radius 3 is 2.89 bits per heavy atom. The second-order valence-electron chi connectivity index (χ2n) is 4.75. The van der Waals surface area contributed by atoms with Crippen LogP contribution >= 0.6 is 0 Å². The Morgan fingerprint density at radius 2 is 2.28 bits per heavy atom. The Balaban J connectivity index is 2.04. The van der Waals surface area contributed by atoms with Gasteiger partial charge in [-0.2, -0.15) is 5.10 Å². The maximum atomic E-state index is 12.0. The van der Waals surface area contributed by atoms with Gasteiger partial charge in [0, 0.05) is 0 Å². The van der Waals surface area contributed by atoms with Crippen molar-refractivity contribution >= 4 is 11.6 Å². The summed E-state index contributed by atoms with van der Waals surface area (Å²) in [4.78, 5) is 12.0. The molecule has 0 aromatic carbocycles. The summed E-state index contributed by atoms with van der Waals surface area (Å²) >= 11 is 0. The van der Waals surface area contributed by atoms with Crippen molar-refractivity contribution in [1.29, 1.82) is 0 Å². The van der Waals surface area contributed by atoms with Crippen LogP contribution in [0.25, 0.3) is 0 Å². The van der Waals surface area contributed by atoms with Gasteiger partial charge in [-0.15, -0.1) is 0 Å². The number of aliphatic hydroxyl groups excluding tert-OH is 1. The lowest BCUT2D eigenvalue weighted by molar-refractivity contribution is 0.0714. The molecule has 0 bridgehead atoms. The molecule has 1 amide bonds. The number of rotatable bonds is 3. The maximum absolute atomic E-state index is 12.0. The lowest BCUT2D eigenvalue weighted by Crippen LogP contribution is -2.45. The van der Waals surface area contributed by atoms with Gasteiger partial charge in [0.2, 0.25) is 0 Å². The monoisotopic (exact) mass is 252 g/mol. The van der Waals surface area contributed by atoms with E-state index in [1.54, 1.807) is 0 Å². The van der Waals surface area contributed by atoms with Crippen LogP contribution in [-0.2, 0) is 6.42 Å². The number of amides is 1. The van der Waals surface area contributed by atoms with Crippen molar-refractivity contribution in [2.45, 2.75) is 51.2 Å². The third-order valence-corrected chi connectivity index (χ3v) is 3.50. The Bertz CT molecular complexity index is 430. The maximum Gasteiger partial charge on any atom is 0.274 e. The van der Waals surface area contributed by atoms with E-state index in [1.165, 1.54) is 0 Å². The Morgan fingerprint density at radius 1 is 1.56 bits per heavy atom. The van der Waals surface area contributed by atoms with Crippen LogP contribution in [0.5, 0.6) is 0 Å². The second-order valence-corrected chi connectivity index (χ2v) is 4.75. The first-order chi connectivity index (χ1) is 8.63. The molecule has 1 heterocycles. The number of nitrogens with two attached hydrogens (primary N) is 1. The van der Waals surface area contributed by atoms with Crippen molar-refractivity contribution in [3.63, 3.8) is 0 Å². The molecule has 1 fully saturated rings. The Labute approximate surface area is 106 Å². The van der Waals surface area contributed by atoms with E-state index in [4.69, 9.17) is 5.73 Å². The third kappa shape index (κ3) is 2.48. The topological polar surface area (TPSA) is 104 Å². The minimum absolute atomic E-state index is 0.188. The molecular formula is C12H20N4O2. The number of carbonyl (C=O) groups is 1. The molecule has 1 saturated carbocycles. The van der Waals surface area contributed by atoms with Gasteiger partial charge >= 0.3 is 0 Å². The van der Waals surface area contributed by atoms with E-state index in [-0.39, 0.29) is 17.6 Å². The summed E-state index contributed by atoms with van der Waals surface area (Å²) in [5.41, 5.74) is 7.23. The van der Waals surface area contributed by atoms with Crippen molar-refractivity contribution in [2.24, 2.45) is 0 Å². The Hall–Kier alpha value is -1.56. The average Bonchev–Trinajstić information content (AvgIpc) is 2.73. The predicted molar refractivity (Wildman–Crippen MR) is 68.1 cm³/mol. The molecule has 2 rings (SSSR count). The lowest BCUT2D eigenvalue weighted by Gasteiger charge is -2.28. The van der Waals surface area contributed by atoms with Crippen LogP contribution in [0, 0.1) is 0 Å². The number of nitrogens with one attached hydrogen (secondary N) is 2. The summed E-state index contributed by atoms with van der Waals surface area (Å²) < 4.78 is 0. The first-order valence-corrected chi connectivity index (χ1v) is 6.45. The van der Waals surface area contributed by atoms with Crippen molar-refractivity contribution in [3.8, 4) is 0 Å². The normalized spacial score (nSPS) is 23.9. The highest BCUT2D eigenvalue weighted by Gasteiger charge is 2.26. The van der Waals surface area contributed by atoms with Crippen molar-refractivity contribution < 1.29 is 9.90 Å². The molecule has 6 nitrogen and oxygen atoms in total. The van der Waals surface area contributed by atoms with Crippen LogP contribution in [0.1, 0.15) is 48.8 Å². The molecule has 0 aliphatic heterocycles. The number of hydrogen-bond acceptors (Lipinski definition) is 4. The number of hydrogen-bond donors (Lipinski definition) is 4. The number of aromatic amines is 1. The van der Waals surface area contributed by atoms with E-state index >= 15 is 0 Å². The van der Waals surface area contributed by atoms with Crippen molar-refractivity contribution in [3.05, 3.63) is 11.4 Å². The number of anilines is 1. The van der Waals surface area contributed by atoms with Crippen molar-refractivity contribution in [1.82, 2.24) is 15.5 Å². The third-order valence-electron chi connectivity index (χ3n) is 3.50. The first-order valence-electron chi connectivity index (χ1n) is 6.45. The van der Waals surface area contributed by atoms with Crippen LogP contribution in [0.2, 0.25) is 0 Å². The SMILES string of the molecule is CCc1[nH]nc(C(=O)NC2CCCCC2O)c1N. The van der Waals surface area contributed by atoms with Crippen LogP contribution < -0.4 is 11.1 Å². The zero-order chi connectivity index (χ0) is 13.1. The van der Waals surface area contributed by atoms with Gasteiger partial charge in [0.05, 0.1) is 23.5 Å². The number of carbonyl (C=O) groups excluding carboxylic acids is 1. The molecule has 1 aromatic heterocycles. The number of aliphatic hydroxyl groups is 1. The summed E-state index contributed by atoms with van der Waals surface area (Å²) in [5, 5.41) is 19.3. The standard InChI is InChI=1S/C12H20N4O2/c1-2-7-10(13)11(16-15-7)12(18)14-8-5-3-4-6-9(8)17/h8-9,17H,2-6,13H2,1H3,(H,14,18)(H,15,16). The van der Waals surface area contributed by atoms with Crippen LogP contribution in [0.15, 0.2) is 0 Å². The number of H-pyrrole nitrogens is 1. The first kappa shape index (κ1) is 12.9. The fourth-order valence-corrected chi connectivity index (χ4v) is 2.35.